The standard InChI is InChI=1S/C11H14Br2N2O2.ClH/c1-17-8-4-6(7-5-14-2-3-15-7)9(12)10(13)11(8)16;/h4,7,14-16H,2-3,5H2,1H3;1H/t7-;/m1./s1. The van der Waals surface area contributed by atoms with Gasteiger partial charge in [0.25, 0.3) is 0 Å². The SMILES string of the molecule is COc1cc([C@H]2CNCCN2)c(Br)c(Br)c1O.Cl. The highest BCUT2D eigenvalue weighted by Gasteiger charge is 2.22. The van der Waals surface area contributed by atoms with Gasteiger partial charge in [-0.3, -0.25) is 0 Å². The van der Waals surface area contributed by atoms with Crippen LogP contribution in [-0.4, -0.2) is 31.9 Å². The minimum Gasteiger partial charge on any atom is -0.503 e. The number of methoxy groups -OCH3 is 1. The number of hydrogen-bond donors (Lipinski definition) is 3. The highest BCUT2D eigenvalue weighted by Crippen LogP contribution is 2.43. The third-order valence-electron chi connectivity index (χ3n) is 2.81. The second-order valence-electron chi connectivity index (χ2n) is 3.86. The lowest BCUT2D eigenvalue weighted by Gasteiger charge is -2.26. The zero-order valence-corrected chi connectivity index (χ0v) is 13.8. The van der Waals surface area contributed by atoms with Crippen molar-refractivity contribution in [2.45, 2.75) is 6.04 Å². The number of nitrogens with one attached hydrogen (secondary N) is 2. The largest absolute Gasteiger partial charge is 0.503 e. The molecule has 0 amide bonds. The van der Waals surface area contributed by atoms with Crippen LogP contribution in [0.3, 0.4) is 0 Å². The predicted octanol–water partition coefficient (Wildman–Crippen LogP) is 2.58. The Balaban J connectivity index is 0.00000162. The zero-order valence-electron chi connectivity index (χ0n) is 9.80. The van der Waals surface area contributed by atoms with E-state index in [9.17, 15) is 5.11 Å². The van der Waals surface area contributed by atoms with Crippen molar-refractivity contribution < 1.29 is 9.84 Å². The first kappa shape index (κ1) is 16.0. The molecule has 1 saturated heterocycles. The van der Waals surface area contributed by atoms with E-state index in [0.717, 1.165) is 29.7 Å². The number of aromatic hydroxyl groups is 1. The summed E-state index contributed by atoms with van der Waals surface area (Å²) in [5.74, 6) is 0.592. The summed E-state index contributed by atoms with van der Waals surface area (Å²) in [5, 5.41) is 16.6. The number of phenols is 1. The molecule has 1 aromatic carbocycles. The predicted molar refractivity (Wildman–Crippen MR) is 80.9 cm³/mol. The molecule has 2 rings (SSSR count). The molecule has 1 atom stereocenters. The van der Waals surface area contributed by atoms with Crippen molar-refractivity contribution in [3.8, 4) is 11.5 Å². The van der Waals surface area contributed by atoms with Gasteiger partial charge in [-0.1, -0.05) is 0 Å². The second kappa shape index (κ2) is 6.96. The summed E-state index contributed by atoms with van der Waals surface area (Å²) in [6, 6.07) is 2.07. The fraction of sp³-hybridized carbons (Fsp3) is 0.455. The van der Waals surface area contributed by atoms with Gasteiger partial charge in [-0.25, -0.2) is 0 Å². The summed E-state index contributed by atoms with van der Waals surface area (Å²) in [5.41, 5.74) is 1.07. The monoisotopic (exact) mass is 400 g/mol. The second-order valence-corrected chi connectivity index (χ2v) is 5.44. The van der Waals surface area contributed by atoms with Gasteiger partial charge in [0.15, 0.2) is 11.5 Å². The number of hydrogen-bond acceptors (Lipinski definition) is 4. The Morgan fingerprint density at radius 1 is 1.33 bits per heavy atom. The Morgan fingerprint density at radius 2 is 2.06 bits per heavy atom. The van der Waals surface area contributed by atoms with E-state index in [1.165, 1.54) is 0 Å². The molecule has 0 saturated carbocycles. The third-order valence-corrected chi connectivity index (χ3v) is 4.97. The van der Waals surface area contributed by atoms with Crippen molar-refractivity contribution in [1.82, 2.24) is 10.6 Å². The molecule has 1 heterocycles. The van der Waals surface area contributed by atoms with E-state index in [0.29, 0.717) is 10.2 Å². The van der Waals surface area contributed by atoms with Crippen LogP contribution in [0.4, 0.5) is 0 Å². The van der Waals surface area contributed by atoms with Crippen LogP contribution in [0.15, 0.2) is 15.0 Å². The van der Waals surface area contributed by atoms with Crippen LogP contribution in [0.2, 0.25) is 0 Å². The first-order valence-corrected chi connectivity index (χ1v) is 6.92. The summed E-state index contributed by atoms with van der Waals surface area (Å²) in [6.07, 6.45) is 0. The van der Waals surface area contributed by atoms with Crippen LogP contribution >= 0.6 is 44.3 Å². The lowest BCUT2D eigenvalue weighted by atomic mass is 10.0. The summed E-state index contributed by atoms with van der Waals surface area (Å²) < 4.78 is 6.65. The maximum Gasteiger partial charge on any atom is 0.173 e. The summed E-state index contributed by atoms with van der Waals surface area (Å²) >= 11 is 6.86. The molecule has 18 heavy (non-hydrogen) atoms. The molecule has 0 unspecified atom stereocenters. The molecule has 3 N–H and O–H groups in total. The quantitative estimate of drug-likeness (QED) is 0.712. The van der Waals surface area contributed by atoms with E-state index < -0.39 is 0 Å². The molecule has 1 fully saturated rings. The molecule has 4 nitrogen and oxygen atoms in total. The first-order chi connectivity index (χ1) is 8.15. The molecule has 0 bridgehead atoms. The van der Waals surface area contributed by atoms with Crippen molar-refractivity contribution in [3.05, 3.63) is 20.6 Å². The van der Waals surface area contributed by atoms with Crippen molar-refractivity contribution in [2.75, 3.05) is 26.7 Å². The molecule has 102 valence electrons. The van der Waals surface area contributed by atoms with Gasteiger partial charge in [0.1, 0.15) is 0 Å². The van der Waals surface area contributed by atoms with Gasteiger partial charge >= 0.3 is 0 Å². The molecular formula is C11H15Br2ClN2O2. The fourth-order valence-electron chi connectivity index (χ4n) is 1.89. The Morgan fingerprint density at radius 3 is 2.61 bits per heavy atom. The lowest BCUT2D eigenvalue weighted by Crippen LogP contribution is -2.42. The number of phenolic OH excluding ortho intramolecular Hbond substituents is 1. The van der Waals surface area contributed by atoms with Gasteiger partial charge in [-0.05, 0) is 43.5 Å². The summed E-state index contributed by atoms with van der Waals surface area (Å²) in [6.45, 7) is 2.77. The molecule has 0 radical (unpaired) electrons. The molecule has 1 aromatic rings. The Labute approximate surface area is 129 Å². The van der Waals surface area contributed by atoms with E-state index in [1.807, 2.05) is 6.07 Å². The van der Waals surface area contributed by atoms with E-state index >= 15 is 0 Å². The molecular weight excluding hydrogens is 387 g/mol. The van der Waals surface area contributed by atoms with Crippen molar-refractivity contribution >= 4 is 44.3 Å². The van der Waals surface area contributed by atoms with Crippen LogP contribution < -0.4 is 15.4 Å². The maximum atomic E-state index is 9.86. The van der Waals surface area contributed by atoms with E-state index in [-0.39, 0.29) is 24.2 Å². The van der Waals surface area contributed by atoms with E-state index in [2.05, 4.69) is 42.5 Å². The van der Waals surface area contributed by atoms with Gasteiger partial charge < -0.3 is 20.5 Å². The number of benzene rings is 1. The van der Waals surface area contributed by atoms with Gasteiger partial charge in [0.05, 0.1) is 11.6 Å². The van der Waals surface area contributed by atoms with E-state index in [1.54, 1.807) is 7.11 Å². The molecule has 1 aliphatic rings. The Hall–Kier alpha value is -0.0100. The van der Waals surface area contributed by atoms with Gasteiger partial charge in [-0.15, -0.1) is 12.4 Å². The fourth-order valence-corrected chi connectivity index (χ4v) is 2.90. The van der Waals surface area contributed by atoms with Gasteiger partial charge in [0, 0.05) is 30.1 Å². The minimum absolute atomic E-state index is 0. The summed E-state index contributed by atoms with van der Waals surface area (Å²) in [4.78, 5) is 0. The smallest absolute Gasteiger partial charge is 0.173 e. The van der Waals surface area contributed by atoms with Gasteiger partial charge in [-0.2, -0.15) is 0 Å². The van der Waals surface area contributed by atoms with Crippen LogP contribution in [0.5, 0.6) is 11.5 Å². The van der Waals surface area contributed by atoms with Crippen molar-refractivity contribution in [2.24, 2.45) is 0 Å². The van der Waals surface area contributed by atoms with Crippen LogP contribution in [0.25, 0.3) is 0 Å². The lowest BCUT2D eigenvalue weighted by molar-refractivity contribution is 0.368. The topological polar surface area (TPSA) is 53.5 Å². The first-order valence-electron chi connectivity index (χ1n) is 5.34. The number of rotatable bonds is 2. The highest BCUT2D eigenvalue weighted by molar-refractivity contribution is 9.13. The molecule has 0 aromatic heterocycles. The van der Waals surface area contributed by atoms with E-state index in [4.69, 9.17) is 4.74 Å². The molecule has 0 spiro atoms. The van der Waals surface area contributed by atoms with Crippen LogP contribution in [-0.2, 0) is 0 Å². The molecule has 1 aliphatic heterocycles. The van der Waals surface area contributed by atoms with Crippen LogP contribution in [0, 0.1) is 0 Å². The van der Waals surface area contributed by atoms with Crippen molar-refractivity contribution in [3.63, 3.8) is 0 Å². The number of halogens is 3. The number of piperazine rings is 1. The average Bonchev–Trinajstić information content (AvgIpc) is 2.37. The maximum absolute atomic E-state index is 9.86. The highest BCUT2D eigenvalue weighted by atomic mass is 79.9. The normalized spacial score (nSPS) is 19.2. The third kappa shape index (κ3) is 3.11. The van der Waals surface area contributed by atoms with Crippen LogP contribution in [0.1, 0.15) is 11.6 Å². The Bertz CT molecular complexity index is 426. The van der Waals surface area contributed by atoms with Gasteiger partial charge in [0.2, 0.25) is 0 Å². The Kier molecular flexibility index (Phi) is 6.20. The summed E-state index contributed by atoms with van der Waals surface area (Å²) in [7, 11) is 1.55. The van der Waals surface area contributed by atoms with Crippen molar-refractivity contribution in [1.29, 1.82) is 0 Å². The average molecular weight is 403 g/mol. The zero-order chi connectivity index (χ0) is 12.4. The number of ether oxygens (including phenoxy) is 1. The molecule has 7 heteroatoms. The molecule has 0 aliphatic carbocycles. The minimum atomic E-state index is 0.